The van der Waals surface area contributed by atoms with E-state index in [-0.39, 0.29) is 4.48 Å². The number of allylic oxidation sites excluding steroid dienone is 1. The van der Waals surface area contributed by atoms with Gasteiger partial charge in [-0.1, -0.05) is 25.1 Å². The molecule has 7 heteroatoms. The highest BCUT2D eigenvalue weighted by molar-refractivity contribution is 6.06. The van der Waals surface area contributed by atoms with Crippen LogP contribution >= 0.6 is 0 Å². The van der Waals surface area contributed by atoms with Crippen LogP contribution in [0.25, 0.3) is 6.08 Å². The standard InChI is InChI=1S/C25H29N3O4/c1-7-19-20(12-10-14-22(19)32-6)23(30)26-27(25(2,3)4)24(31)28(5)18(16-29)15-17-11-8-9-13-21(17)28/h8-16H,7H2,1-6H3/p+1. The fraction of sp³-hybridized carbons (Fsp3) is 0.320. The molecule has 0 aliphatic carbocycles. The molecular formula is C25H30N3O4+. The molecule has 0 bridgehead atoms. The molecule has 1 unspecified atom stereocenters. The second-order valence-corrected chi connectivity index (χ2v) is 8.82. The van der Waals surface area contributed by atoms with E-state index in [0.29, 0.717) is 35.4 Å². The van der Waals surface area contributed by atoms with Crippen LogP contribution in [0.5, 0.6) is 5.75 Å². The number of hydrogen-bond donors (Lipinski definition) is 1. The number of likely N-dealkylation sites (N-methyl/N-ethyl adjacent to an activating group) is 1. The molecule has 0 aromatic heterocycles. The third-order valence-corrected chi connectivity index (χ3v) is 5.77. The topological polar surface area (TPSA) is 75.7 Å². The largest absolute Gasteiger partial charge is 0.496 e. The van der Waals surface area contributed by atoms with Crippen molar-refractivity contribution in [3.8, 4) is 5.75 Å². The molecule has 168 valence electrons. The van der Waals surface area contributed by atoms with E-state index in [1.54, 1.807) is 38.4 Å². The molecule has 2 aromatic carbocycles. The minimum absolute atomic E-state index is 0.301. The van der Waals surface area contributed by atoms with Gasteiger partial charge in [-0.15, -0.1) is 0 Å². The summed E-state index contributed by atoms with van der Waals surface area (Å²) in [6, 6.07) is 12.2. The Kier molecular flexibility index (Phi) is 6.23. The molecule has 32 heavy (non-hydrogen) atoms. The van der Waals surface area contributed by atoms with Crippen molar-refractivity contribution in [1.82, 2.24) is 14.9 Å². The summed E-state index contributed by atoms with van der Waals surface area (Å²) in [5.41, 5.74) is 5.02. The number of aldehydes is 1. The van der Waals surface area contributed by atoms with Gasteiger partial charge < -0.3 is 4.74 Å². The number of nitrogens with one attached hydrogen (secondary N) is 1. The summed E-state index contributed by atoms with van der Waals surface area (Å²) in [6.45, 7) is 7.43. The average Bonchev–Trinajstić information content (AvgIpc) is 3.08. The summed E-state index contributed by atoms with van der Waals surface area (Å²) in [5, 5.41) is 1.31. The lowest BCUT2D eigenvalue weighted by Crippen LogP contribution is -2.65. The van der Waals surface area contributed by atoms with E-state index in [1.165, 1.54) is 5.01 Å². The smallest absolute Gasteiger partial charge is 0.448 e. The summed E-state index contributed by atoms with van der Waals surface area (Å²) in [5.74, 6) is 0.201. The normalized spacial score (nSPS) is 17.2. The number of ether oxygens (including phenoxy) is 1. The zero-order valence-corrected chi connectivity index (χ0v) is 19.4. The van der Waals surface area contributed by atoms with Crippen LogP contribution in [-0.4, -0.2) is 42.9 Å². The van der Waals surface area contributed by atoms with Crippen LogP contribution in [0, 0.1) is 0 Å². The Morgan fingerprint density at radius 3 is 2.41 bits per heavy atom. The first kappa shape index (κ1) is 23.2. The first-order valence-corrected chi connectivity index (χ1v) is 10.5. The minimum atomic E-state index is -0.759. The van der Waals surface area contributed by atoms with Crippen LogP contribution in [0.15, 0.2) is 48.2 Å². The number of rotatable bonds is 4. The molecule has 2 aromatic rings. The monoisotopic (exact) mass is 436 g/mol. The second kappa shape index (κ2) is 8.59. The van der Waals surface area contributed by atoms with E-state index in [2.05, 4.69) is 5.43 Å². The molecule has 1 heterocycles. The van der Waals surface area contributed by atoms with Gasteiger partial charge in [0.1, 0.15) is 5.75 Å². The number of fused-ring (bicyclic) bond motifs is 1. The summed E-state index contributed by atoms with van der Waals surface area (Å²) in [7, 11) is 3.23. The molecule has 0 radical (unpaired) electrons. The highest BCUT2D eigenvalue weighted by atomic mass is 16.5. The summed E-state index contributed by atoms with van der Waals surface area (Å²) in [6.07, 6.45) is 2.99. The van der Waals surface area contributed by atoms with Crippen molar-refractivity contribution in [1.29, 1.82) is 0 Å². The van der Waals surface area contributed by atoms with Gasteiger partial charge in [0, 0.05) is 28.8 Å². The lowest BCUT2D eigenvalue weighted by atomic mass is 10.0. The zero-order chi connectivity index (χ0) is 23.7. The highest BCUT2D eigenvalue weighted by Crippen LogP contribution is 2.39. The summed E-state index contributed by atoms with van der Waals surface area (Å²) < 4.78 is 5.04. The van der Waals surface area contributed by atoms with Gasteiger partial charge in [-0.2, -0.15) is 9.49 Å². The number of nitrogens with zero attached hydrogens (tertiary/aromatic N) is 2. The number of urea groups is 1. The van der Waals surface area contributed by atoms with Crippen molar-refractivity contribution in [2.75, 3.05) is 14.2 Å². The second-order valence-electron chi connectivity index (χ2n) is 8.82. The van der Waals surface area contributed by atoms with Crippen molar-refractivity contribution in [2.45, 2.75) is 39.7 Å². The average molecular weight is 437 g/mol. The molecule has 1 N–H and O–H groups in total. The van der Waals surface area contributed by atoms with Crippen LogP contribution in [0.4, 0.5) is 10.5 Å². The van der Waals surface area contributed by atoms with E-state index in [0.717, 1.165) is 11.1 Å². The van der Waals surface area contributed by atoms with Crippen molar-refractivity contribution in [2.24, 2.45) is 0 Å². The number of carbonyl (C=O) groups is 3. The Bertz CT molecular complexity index is 1100. The molecular weight excluding hydrogens is 406 g/mol. The fourth-order valence-corrected chi connectivity index (χ4v) is 4.00. The van der Waals surface area contributed by atoms with Crippen LogP contribution in [0.3, 0.4) is 0 Å². The highest BCUT2D eigenvalue weighted by Gasteiger charge is 2.50. The van der Waals surface area contributed by atoms with Gasteiger partial charge in [-0.05, 0) is 45.4 Å². The Hall–Kier alpha value is -3.45. The third-order valence-electron chi connectivity index (χ3n) is 5.77. The van der Waals surface area contributed by atoms with E-state index in [4.69, 9.17) is 4.74 Å². The third kappa shape index (κ3) is 3.80. The first-order chi connectivity index (χ1) is 15.1. The SMILES string of the molecule is CCc1c(OC)cccc1C(=O)NN(C(=O)[N+]1(C)C(C=O)=Cc2ccccc21)C(C)(C)C. The lowest BCUT2D eigenvalue weighted by molar-refractivity contribution is -0.105. The van der Waals surface area contributed by atoms with Crippen LogP contribution in [-0.2, 0) is 11.2 Å². The Labute approximate surface area is 188 Å². The van der Waals surface area contributed by atoms with Crippen LogP contribution in [0.1, 0.15) is 49.2 Å². The van der Waals surface area contributed by atoms with Crippen LogP contribution in [0.2, 0.25) is 0 Å². The zero-order valence-electron chi connectivity index (χ0n) is 19.4. The summed E-state index contributed by atoms with van der Waals surface area (Å²) >= 11 is 0. The number of hydrogen-bond acceptors (Lipinski definition) is 4. The van der Waals surface area contributed by atoms with Gasteiger partial charge in [-0.25, -0.2) is 4.79 Å². The predicted octanol–water partition coefficient (Wildman–Crippen LogP) is 4.31. The maximum atomic E-state index is 13.9. The van der Waals surface area contributed by atoms with E-state index >= 15 is 0 Å². The molecule has 0 saturated carbocycles. The molecule has 3 amide bonds. The predicted molar refractivity (Wildman–Crippen MR) is 125 cm³/mol. The quantitative estimate of drug-likeness (QED) is 0.440. The number of para-hydroxylation sites is 1. The van der Waals surface area contributed by atoms with E-state index in [9.17, 15) is 14.4 Å². The Balaban J connectivity index is 2.04. The number of amides is 3. The molecule has 1 atom stereocenters. The summed E-state index contributed by atoms with van der Waals surface area (Å²) in [4.78, 5) is 39.2. The first-order valence-electron chi connectivity index (χ1n) is 10.5. The van der Waals surface area contributed by atoms with E-state index < -0.39 is 17.5 Å². The van der Waals surface area contributed by atoms with Gasteiger partial charge in [0.15, 0.2) is 11.4 Å². The number of quaternary nitrogens is 1. The molecule has 0 saturated heterocycles. The Morgan fingerprint density at radius 2 is 1.81 bits per heavy atom. The number of hydrazine groups is 1. The maximum absolute atomic E-state index is 13.9. The number of benzene rings is 2. The van der Waals surface area contributed by atoms with Gasteiger partial charge in [0.05, 0.1) is 19.7 Å². The van der Waals surface area contributed by atoms with Crippen molar-refractivity contribution in [3.05, 3.63) is 64.9 Å². The molecule has 1 aliphatic heterocycles. The van der Waals surface area contributed by atoms with Gasteiger partial charge >= 0.3 is 6.03 Å². The van der Waals surface area contributed by atoms with Crippen molar-refractivity contribution >= 4 is 30.0 Å². The van der Waals surface area contributed by atoms with E-state index in [1.807, 2.05) is 52.0 Å². The van der Waals surface area contributed by atoms with Crippen molar-refractivity contribution in [3.63, 3.8) is 0 Å². The molecule has 3 rings (SSSR count). The fourth-order valence-electron chi connectivity index (χ4n) is 4.00. The molecule has 0 fully saturated rings. The van der Waals surface area contributed by atoms with Crippen LogP contribution < -0.4 is 14.6 Å². The molecule has 0 spiro atoms. The number of carbonyl (C=O) groups excluding carboxylic acids is 3. The molecule has 7 nitrogen and oxygen atoms in total. The van der Waals surface area contributed by atoms with Gasteiger partial charge in [0.25, 0.3) is 5.91 Å². The van der Waals surface area contributed by atoms with Gasteiger partial charge in [-0.3, -0.25) is 15.0 Å². The molecule has 1 aliphatic rings. The lowest BCUT2D eigenvalue weighted by Gasteiger charge is -2.39. The Morgan fingerprint density at radius 1 is 1.12 bits per heavy atom. The minimum Gasteiger partial charge on any atom is -0.496 e. The van der Waals surface area contributed by atoms with Crippen molar-refractivity contribution < 1.29 is 19.1 Å². The number of methoxy groups -OCH3 is 1. The maximum Gasteiger partial charge on any atom is 0.448 e. The van der Waals surface area contributed by atoms with Gasteiger partial charge in [0.2, 0.25) is 6.29 Å².